The summed E-state index contributed by atoms with van der Waals surface area (Å²) in [6.45, 7) is -1.61. The molecule has 2 heterocycles. The second-order valence-corrected chi connectivity index (χ2v) is 5.69. The lowest BCUT2D eigenvalue weighted by molar-refractivity contribution is -0.138. The molecule has 1 aromatic heterocycles. The lowest BCUT2D eigenvalue weighted by atomic mass is 10.1. The van der Waals surface area contributed by atoms with Crippen molar-refractivity contribution in [2.45, 2.75) is 19.1 Å². The molecule has 1 amide bonds. The largest absolute Gasteiger partial charge is 0.435 e. The minimum atomic E-state index is -2.87. The Labute approximate surface area is 144 Å². The number of carbonyl (C=O) groups is 1. The molecule has 1 atom stereocenters. The third kappa shape index (κ3) is 4.73. The molecule has 132 valence electrons. The van der Waals surface area contributed by atoms with Crippen molar-refractivity contribution in [1.82, 2.24) is 9.88 Å². The van der Waals surface area contributed by atoms with Crippen LogP contribution in [0.4, 0.5) is 8.78 Å². The van der Waals surface area contributed by atoms with Crippen LogP contribution in [0.5, 0.6) is 5.75 Å². The van der Waals surface area contributed by atoms with Crippen LogP contribution < -0.4 is 4.74 Å². The summed E-state index contributed by atoms with van der Waals surface area (Å²) in [7, 11) is 0. The maximum absolute atomic E-state index is 12.5. The molecule has 1 fully saturated rings. The molecule has 1 aliphatic rings. The van der Waals surface area contributed by atoms with E-state index in [0.717, 1.165) is 5.56 Å². The van der Waals surface area contributed by atoms with E-state index in [1.807, 2.05) is 6.07 Å². The molecule has 1 aromatic carbocycles. The van der Waals surface area contributed by atoms with Gasteiger partial charge in [-0.2, -0.15) is 8.78 Å². The van der Waals surface area contributed by atoms with E-state index in [0.29, 0.717) is 25.3 Å². The van der Waals surface area contributed by atoms with Gasteiger partial charge in [0, 0.05) is 18.9 Å². The second kappa shape index (κ2) is 8.02. The Balaban J connectivity index is 1.65. The third-order valence-electron chi connectivity index (χ3n) is 3.95. The number of halogens is 2. The van der Waals surface area contributed by atoms with Crippen LogP contribution in [0.25, 0.3) is 0 Å². The third-order valence-corrected chi connectivity index (χ3v) is 3.95. The first kappa shape index (κ1) is 17.3. The van der Waals surface area contributed by atoms with Crippen LogP contribution in [0.15, 0.2) is 48.8 Å². The van der Waals surface area contributed by atoms with Crippen molar-refractivity contribution in [2.75, 3.05) is 19.7 Å². The molecule has 0 aliphatic carbocycles. The molecule has 0 spiro atoms. The van der Waals surface area contributed by atoms with Crippen molar-refractivity contribution in [3.8, 4) is 5.75 Å². The predicted molar refractivity (Wildman–Crippen MR) is 86.3 cm³/mol. The molecule has 5 nitrogen and oxygen atoms in total. The highest BCUT2D eigenvalue weighted by Gasteiger charge is 2.25. The molecule has 0 bridgehead atoms. The van der Waals surface area contributed by atoms with E-state index >= 15 is 0 Å². The maximum atomic E-state index is 12.5. The lowest BCUT2D eigenvalue weighted by Crippen LogP contribution is -2.43. The predicted octanol–water partition coefficient (Wildman–Crippen LogP) is 2.83. The van der Waals surface area contributed by atoms with Crippen LogP contribution in [0, 0.1) is 0 Å². The summed E-state index contributed by atoms with van der Waals surface area (Å²) in [5, 5.41) is 0. The molecular weight excluding hydrogens is 330 g/mol. The fraction of sp³-hybridized carbons (Fsp3) is 0.333. The number of morpholine rings is 1. The summed E-state index contributed by atoms with van der Waals surface area (Å²) in [6.07, 6.45) is 3.23. The molecular formula is C18H18F2N2O3. The SMILES string of the molecule is O=C(Cc1cccnc1)N1CCO[C@@H](c2cccc(OC(F)F)c2)C1. The molecule has 0 unspecified atom stereocenters. The van der Waals surface area contributed by atoms with Crippen LogP contribution in [0.3, 0.4) is 0 Å². The molecule has 1 aliphatic heterocycles. The van der Waals surface area contributed by atoms with Gasteiger partial charge in [-0.1, -0.05) is 18.2 Å². The van der Waals surface area contributed by atoms with Crippen molar-refractivity contribution < 1.29 is 23.0 Å². The zero-order valence-corrected chi connectivity index (χ0v) is 13.5. The molecule has 0 saturated carbocycles. The zero-order valence-electron chi connectivity index (χ0n) is 13.5. The van der Waals surface area contributed by atoms with Gasteiger partial charge >= 0.3 is 6.61 Å². The Morgan fingerprint density at radius 1 is 1.36 bits per heavy atom. The number of carbonyl (C=O) groups excluding carboxylic acids is 1. The second-order valence-electron chi connectivity index (χ2n) is 5.69. The number of rotatable bonds is 5. The Hall–Kier alpha value is -2.54. The highest BCUT2D eigenvalue weighted by Crippen LogP contribution is 2.26. The standard InChI is InChI=1S/C18H18F2N2O3/c19-18(20)25-15-5-1-4-14(10-15)16-12-22(7-8-24-16)17(23)9-13-3-2-6-21-11-13/h1-6,10-11,16,18H,7-9,12H2/t16-/m1/s1. The Bertz CT molecular complexity index is 712. The molecule has 2 aromatic rings. The van der Waals surface area contributed by atoms with E-state index in [1.54, 1.807) is 35.5 Å². The summed E-state index contributed by atoms with van der Waals surface area (Å²) in [6, 6.07) is 10.0. The van der Waals surface area contributed by atoms with Gasteiger partial charge in [0.1, 0.15) is 11.9 Å². The Kier molecular flexibility index (Phi) is 5.55. The van der Waals surface area contributed by atoms with Gasteiger partial charge in [0.05, 0.1) is 19.6 Å². The van der Waals surface area contributed by atoms with Gasteiger partial charge < -0.3 is 14.4 Å². The van der Waals surface area contributed by atoms with Gasteiger partial charge in [0.2, 0.25) is 5.91 Å². The van der Waals surface area contributed by atoms with Crippen molar-refractivity contribution in [3.05, 3.63) is 59.9 Å². The topological polar surface area (TPSA) is 51.7 Å². The number of alkyl halides is 2. The number of pyridine rings is 1. The van der Waals surface area contributed by atoms with Crippen molar-refractivity contribution in [2.24, 2.45) is 0 Å². The fourth-order valence-corrected chi connectivity index (χ4v) is 2.76. The summed E-state index contributed by atoms with van der Waals surface area (Å²) in [5.41, 5.74) is 1.56. The first-order chi connectivity index (χ1) is 12.1. The maximum Gasteiger partial charge on any atom is 0.387 e. The molecule has 0 N–H and O–H groups in total. The Morgan fingerprint density at radius 3 is 3.00 bits per heavy atom. The van der Waals surface area contributed by atoms with Gasteiger partial charge in [-0.15, -0.1) is 0 Å². The number of hydrogen-bond acceptors (Lipinski definition) is 4. The summed E-state index contributed by atoms with van der Waals surface area (Å²) < 4.78 is 34.8. The van der Waals surface area contributed by atoms with Gasteiger partial charge in [-0.3, -0.25) is 9.78 Å². The van der Waals surface area contributed by atoms with E-state index in [9.17, 15) is 13.6 Å². The highest BCUT2D eigenvalue weighted by molar-refractivity contribution is 5.78. The Morgan fingerprint density at radius 2 is 2.24 bits per heavy atom. The molecule has 7 heteroatoms. The highest BCUT2D eigenvalue weighted by atomic mass is 19.3. The van der Waals surface area contributed by atoms with Gasteiger partial charge in [-0.25, -0.2) is 0 Å². The normalized spacial score (nSPS) is 17.6. The van der Waals surface area contributed by atoms with Crippen molar-refractivity contribution in [1.29, 1.82) is 0 Å². The van der Waals surface area contributed by atoms with E-state index in [4.69, 9.17) is 4.74 Å². The van der Waals surface area contributed by atoms with Crippen LogP contribution >= 0.6 is 0 Å². The van der Waals surface area contributed by atoms with Crippen LogP contribution in [-0.4, -0.2) is 42.1 Å². The van der Waals surface area contributed by atoms with Gasteiger partial charge in [0.25, 0.3) is 0 Å². The van der Waals surface area contributed by atoms with Crippen LogP contribution in [0.2, 0.25) is 0 Å². The summed E-state index contributed by atoms with van der Waals surface area (Å²) >= 11 is 0. The molecule has 3 rings (SSSR count). The number of benzene rings is 1. The number of ether oxygens (including phenoxy) is 2. The summed E-state index contributed by atoms with van der Waals surface area (Å²) in [4.78, 5) is 18.2. The number of hydrogen-bond donors (Lipinski definition) is 0. The number of nitrogens with zero attached hydrogens (tertiary/aromatic N) is 2. The van der Waals surface area contributed by atoms with Gasteiger partial charge in [-0.05, 0) is 29.3 Å². The monoisotopic (exact) mass is 348 g/mol. The minimum Gasteiger partial charge on any atom is -0.435 e. The van der Waals surface area contributed by atoms with Crippen molar-refractivity contribution >= 4 is 5.91 Å². The number of amides is 1. The molecule has 1 saturated heterocycles. The van der Waals surface area contributed by atoms with E-state index < -0.39 is 6.61 Å². The van der Waals surface area contributed by atoms with Crippen LogP contribution in [-0.2, 0) is 16.0 Å². The average molecular weight is 348 g/mol. The smallest absolute Gasteiger partial charge is 0.387 e. The van der Waals surface area contributed by atoms with Crippen molar-refractivity contribution in [3.63, 3.8) is 0 Å². The van der Waals surface area contributed by atoms with E-state index in [2.05, 4.69) is 9.72 Å². The van der Waals surface area contributed by atoms with Crippen LogP contribution in [0.1, 0.15) is 17.2 Å². The minimum absolute atomic E-state index is 0.0127. The summed E-state index contributed by atoms with van der Waals surface area (Å²) in [5.74, 6) is 0.0659. The van der Waals surface area contributed by atoms with E-state index in [1.165, 1.54) is 12.1 Å². The fourth-order valence-electron chi connectivity index (χ4n) is 2.76. The zero-order chi connectivity index (χ0) is 17.6. The number of aromatic nitrogens is 1. The first-order valence-electron chi connectivity index (χ1n) is 7.95. The van der Waals surface area contributed by atoms with E-state index in [-0.39, 0.29) is 24.2 Å². The lowest BCUT2D eigenvalue weighted by Gasteiger charge is -2.33. The molecule has 0 radical (unpaired) electrons. The quantitative estimate of drug-likeness (QED) is 0.834. The first-order valence-corrected chi connectivity index (χ1v) is 7.95. The van der Waals surface area contributed by atoms with Gasteiger partial charge in [0.15, 0.2) is 0 Å². The average Bonchev–Trinajstić information content (AvgIpc) is 2.62. The molecule has 25 heavy (non-hydrogen) atoms.